The Morgan fingerprint density at radius 3 is 2.39 bits per heavy atom. The molecule has 3 rings (SSSR count). The van der Waals surface area contributed by atoms with E-state index in [1.54, 1.807) is 61.8 Å². The summed E-state index contributed by atoms with van der Waals surface area (Å²) in [6, 6.07) is 19.3. The predicted molar refractivity (Wildman–Crippen MR) is 105 cm³/mol. The average molecular weight is 376 g/mol. The first-order valence-electron chi connectivity index (χ1n) is 8.66. The summed E-state index contributed by atoms with van der Waals surface area (Å²) in [6.45, 7) is 0. The number of carbonyl (C=O) groups is 2. The van der Waals surface area contributed by atoms with Gasteiger partial charge in [-0.2, -0.15) is 0 Å². The minimum absolute atomic E-state index is 0.258. The smallest absolute Gasteiger partial charge is 0.337 e. The summed E-state index contributed by atoms with van der Waals surface area (Å²) in [5.41, 5.74) is 2.26. The first-order chi connectivity index (χ1) is 13.6. The van der Waals surface area contributed by atoms with Gasteiger partial charge in [-0.15, -0.1) is 0 Å². The van der Waals surface area contributed by atoms with Gasteiger partial charge < -0.3 is 14.8 Å². The summed E-state index contributed by atoms with van der Waals surface area (Å²) < 4.78 is 9.93. The van der Waals surface area contributed by atoms with Crippen LogP contribution in [-0.2, 0) is 9.53 Å². The van der Waals surface area contributed by atoms with Crippen LogP contribution in [-0.4, -0.2) is 31.1 Å². The van der Waals surface area contributed by atoms with Crippen LogP contribution in [0.1, 0.15) is 27.5 Å². The molecular weight excluding hydrogens is 356 g/mol. The molecular formula is C22H20N2O4. The molecule has 0 aliphatic carbocycles. The van der Waals surface area contributed by atoms with Gasteiger partial charge in [-0.1, -0.05) is 24.3 Å². The number of nitrogens with zero attached hydrogens (tertiary/aromatic N) is 1. The summed E-state index contributed by atoms with van der Waals surface area (Å²) in [5.74, 6) is -0.637. The van der Waals surface area contributed by atoms with E-state index in [0.717, 1.165) is 5.56 Å². The van der Waals surface area contributed by atoms with E-state index in [9.17, 15) is 9.59 Å². The van der Waals surface area contributed by atoms with Crippen molar-refractivity contribution in [1.82, 2.24) is 4.98 Å². The zero-order chi connectivity index (χ0) is 19.9. The van der Waals surface area contributed by atoms with Gasteiger partial charge in [-0.05, 0) is 48.0 Å². The Hall–Kier alpha value is -3.67. The number of hydrogen-bond acceptors (Lipinski definition) is 5. The van der Waals surface area contributed by atoms with Crippen molar-refractivity contribution in [3.63, 3.8) is 0 Å². The Labute approximate surface area is 163 Å². The molecule has 0 fully saturated rings. The third-order valence-corrected chi connectivity index (χ3v) is 4.25. The maximum absolute atomic E-state index is 13.1. The van der Waals surface area contributed by atoms with Crippen molar-refractivity contribution < 1.29 is 19.1 Å². The van der Waals surface area contributed by atoms with Gasteiger partial charge in [-0.3, -0.25) is 9.78 Å². The second-order valence-electron chi connectivity index (χ2n) is 6.02. The molecule has 28 heavy (non-hydrogen) atoms. The molecule has 1 atom stereocenters. The number of carbonyl (C=O) groups excluding carboxylic acids is 2. The fraction of sp³-hybridized carbons (Fsp3) is 0.136. The number of amides is 1. The maximum Gasteiger partial charge on any atom is 0.337 e. The highest BCUT2D eigenvalue weighted by molar-refractivity contribution is 5.99. The van der Waals surface area contributed by atoms with Crippen LogP contribution in [0.4, 0.5) is 5.69 Å². The molecule has 142 valence electrons. The van der Waals surface area contributed by atoms with E-state index in [1.807, 2.05) is 18.2 Å². The van der Waals surface area contributed by atoms with E-state index in [2.05, 4.69) is 10.3 Å². The molecule has 1 aromatic heterocycles. The van der Waals surface area contributed by atoms with Gasteiger partial charge >= 0.3 is 5.97 Å². The van der Waals surface area contributed by atoms with Crippen molar-refractivity contribution in [3.8, 4) is 5.75 Å². The number of nitrogens with one attached hydrogen (secondary N) is 1. The molecule has 0 spiro atoms. The molecule has 1 amide bonds. The van der Waals surface area contributed by atoms with E-state index < -0.39 is 11.9 Å². The molecule has 0 saturated heterocycles. The molecule has 0 aliphatic heterocycles. The average Bonchev–Trinajstić information content (AvgIpc) is 2.75. The summed E-state index contributed by atoms with van der Waals surface area (Å²) in [6.07, 6.45) is 1.65. The number of methoxy groups -OCH3 is 2. The molecule has 0 radical (unpaired) electrons. The van der Waals surface area contributed by atoms with Crippen molar-refractivity contribution in [3.05, 3.63) is 89.7 Å². The molecule has 2 aromatic carbocycles. The number of ether oxygens (including phenoxy) is 2. The molecule has 3 aromatic rings. The van der Waals surface area contributed by atoms with Gasteiger partial charge in [0.1, 0.15) is 11.7 Å². The number of esters is 1. The first kappa shape index (κ1) is 19.1. The minimum atomic E-state index is -0.617. The van der Waals surface area contributed by atoms with Crippen molar-refractivity contribution >= 4 is 17.6 Å². The molecule has 6 heteroatoms. The molecule has 0 aliphatic rings. The molecule has 0 bridgehead atoms. The maximum atomic E-state index is 13.1. The third-order valence-electron chi connectivity index (χ3n) is 4.25. The number of benzene rings is 2. The van der Waals surface area contributed by atoms with Crippen molar-refractivity contribution in [2.45, 2.75) is 5.92 Å². The highest BCUT2D eigenvalue weighted by Crippen LogP contribution is 2.27. The summed E-state index contributed by atoms with van der Waals surface area (Å²) in [7, 11) is 2.90. The zero-order valence-corrected chi connectivity index (χ0v) is 15.6. The fourth-order valence-corrected chi connectivity index (χ4v) is 2.86. The Kier molecular flexibility index (Phi) is 6.01. The lowest BCUT2D eigenvalue weighted by molar-refractivity contribution is -0.116. The van der Waals surface area contributed by atoms with Gasteiger partial charge in [0.25, 0.3) is 0 Å². The number of hydrogen-bond donors (Lipinski definition) is 1. The lowest BCUT2D eigenvalue weighted by Crippen LogP contribution is -2.23. The second-order valence-corrected chi connectivity index (χ2v) is 6.02. The molecule has 0 saturated carbocycles. The van der Waals surface area contributed by atoms with E-state index in [0.29, 0.717) is 22.7 Å². The standard InChI is InChI=1S/C22H20N2O4/c1-27-18-11-9-15(10-12-18)20(19-8-3-4-13-23-19)21(25)24-17-7-5-6-16(14-17)22(26)28-2/h3-14,20H,1-2H3,(H,24,25). The number of aromatic nitrogens is 1. The third kappa shape index (κ3) is 4.35. The minimum Gasteiger partial charge on any atom is -0.497 e. The first-order valence-corrected chi connectivity index (χ1v) is 8.66. The zero-order valence-electron chi connectivity index (χ0n) is 15.6. The van der Waals surface area contributed by atoms with Crippen LogP contribution in [0.5, 0.6) is 5.75 Å². The van der Waals surface area contributed by atoms with Gasteiger partial charge in [0.15, 0.2) is 0 Å². The van der Waals surface area contributed by atoms with Crippen LogP contribution in [0.25, 0.3) is 0 Å². The van der Waals surface area contributed by atoms with Crippen molar-refractivity contribution in [2.75, 3.05) is 19.5 Å². The van der Waals surface area contributed by atoms with Crippen molar-refractivity contribution in [2.24, 2.45) is 0 Å². The predicted octanol–water partition coefficient (Wildman–Crippen LogP) is 3.65. The summed E-state index contributed by atoms with van der Waals surface area (Å²) >= 11 is 0. The van der Waals surface area contributed by atoms with Gasteiger partial charge in [0, 0.05) is 11.9 Å². The van der Waals surface area contributed by atoms with Crippen LogP contribution >= 0.6 is 0 Å². The number of anilines is 1. The largest absolute Gasteiger partial charge is 0.497 e. The Morgan fingerprint density at radius 1 is 0.964 bits per heavy atom. The lowest BCUT2D eigenvalue weighted by atomic mass is 9.94. The Morgan fingerprint density at radius 2 is 1.75 bits per heavy atom. The molecule has 1 N–H and O–H groups in total. The highest BCUT2D eigenvalue weighted by atomic mass is 16.5. The Bertz CT molecular complexity index is 956. The normalized spacial score (nSPS) is 11.4. The lowest BCUT2D eigenvalue weighted by Gasteiger charge is -2.17. The topological polar surface area (TPSA) is 77.5 Å². The molecule has 6 nitrogen and oxygen atoms in total. The number of pyridine rings is 1. The van der Waals surface area contributed by atoms with Crippen LogP contribution in [0, 0.1) is 0 Å². The second kappa shape index (κ2) is 8.81. The van der Waals surface area contributed by atoms with Crippen molar-refractivity contribution in [1.29, 1.82) is 0 Å². The van der Waals surface area contributed by atoms with Crippen LogP contribution < -0.4 is 10.1 Å². The highest BCUT2D eigenvalue weighted by Gasteiger charge is 2.24. The van der Waals surface area contributed by atoms with Crippen LogP contribution in [0.3, 0.4) is 0 Å². The van der Waals surface area contributed by atoms with E-state index in [-0.39, 0.29) is 5.91 Å². The van der Waals surface area contributed by atoms with E-state index in [4.69, 9.17) is 9.47 Å². The molecule has 1 unspecified atom stereocenters. The van der Waals surface area contributed by atoms with Crippen LogP contribution in [0.15, 0.2) is 72.9 Å². The van der Waals surface area contributed by atoms with Gasteiger partial charge in [0.2, 0.25) is 5.91 Å². The van der Waals surface area contributed by atoms with E-state index in [1.165, 1.54) is 7.11 Å². The van der Waals surface area contributed by atoms with E-state index >= 15 is 0 Å². The fourth-order valence-electron chi connectivity index (χ4n) is 2.86. The van der Waals surface area contributed by atoms with Gasteiger partial charge in [-0.25, -0.2) is 4.79 Å². The SMILES string of the molecule is COC(=O)c1cccc(NC(=O)C(c2ccc(OC)cc2)c2ccccn2)c1. The Balaban J connectivity index is 1.92. The van der Waals surface area contributed by atoms with Gasteiger partial charge in [0.05, 0.1) is 25.5 Å². The summed E-state index contributed by atoms with van der Waals surface area (Å²) in [5, 5.41) is 2.87. The summed E-state index contributed by atoms with van der Waals surface area (Å²) in [4.78, 5) is 29.2. The molecule has 1 heterocycles. The quantitative estimate of drug-likeness (QED) is 0.665. The monoisotopic (exact) mass is 376 g/mol. The number of rotatable bonds is 6. The van der Waals surface area contributed by atoms with Crippen LogP contribution in [0.2, 0.25) is 0 Å².